The van der Waals surface area contributed by atoms with Gasteiger partial charge in [0.1, 0.15) is 12.2 Å². The Hall–Kier alpha value is -2.79. The molecule has 6 nitrogen and oxygen atoms in total. The van der Waals surface area contributed by atoms with Gasteiger partial charge in [0.2, 0.25) is 0 Å². The van der Waals surface area contributed by atoms with Crippen LogP contribution >= 0.6 is 39.1 Å². The molecule has 0 spiro atoms. The van der Waals surface area contributed by atoms with Crippen molar-refractivity contribution in [3.8, 4) is 18.1 Å². The molecular weight excluding hydrogens is 483 g/mol. The zero-order valence-electron chi connectivity index (χ0n) is 14.5. The van der Waals surface area contributed by atoms with Crippen molar-refractivity contribution in [2.24, 2.45) is 0 Å². The van der Waals surface area contributed by atoms with E-state index in [2.05, 4.69) is 27.2 Å². The number of carbonyl (C=O) groups is 3. The first kappa shape index (κ1) is 20.9. The Morgan fingerprint density at radius 2 is 1.86 bits per heavy atom. The van der Waals surface area contributed by atoms with Gasteiger partial charge >= 0.3 is 6.03 Å². The fourth-order valence-electron chi connectivity index (χ4n) is 2.56. The number of nitrogens with zero attached hydrogens (tertiary/aromatic N) is 1. The average molecular weight is 494 g/mol. The van der Waals surface area contributed by atoms with E-state index in [-0.39, 0.29) is 22.9 Å². The van der Waals surface area contributed by atoms with E-state index in [1.807, 2.05) is 0 Å². The number of imide groups is 2. The van der Waals surface area contributed by atoms with Crippen LogP contribution in [0.2, 0.25) is 10.0 Å². The van der Waals surface area contributed by atoms with Gasteiger partial charge in [-0.15, -0.1) is 6.42 Å². The van der Waals surface area contributed by atoms with E-state index in [0.717, 1.165) is 4.90 Å². The van der Waals surface area contributed by atoms with Crippen molar-refractivity contribution >= 4 is 68.7 Å². The Balaban J connectivity index is 1.98. The molecule has 0 unspecified atom stereocenters. The van der Waals surface area contributed by atoms with E-state index >= 15 is 0 Å². The summed E-state index contributed by atoms with van der Waals surface area (Å²) in [6, 6.07) is 8.32. The molecule has 1 aliphatic heterocycles. The molecule has 1 fully saturated rings. The topological polar surface area (TPSA) is 75.7 Å². The lowest BCUT2D eigenvalue weighted by Crippen LogP contribution is -2.54. The third kappa shape index (κ3) is 4.46. The highest BCUT2D eigenvalue weighted by atomic mass is 79.9. The van der Waals surface area contributed by atoms with Crippen LogP contribution < -0.4 is 15.0 Å². The van der Waals surface area contributed by atoms with Crippen LogP contribution in [0.15, 0.2) is 46.4 Å². The molecule has 2 aromatic carbocycles. The average Bonchev–Trinajstić information content (AvgIpc) is 2.66. The maximum atomic E-state index is 12.9. The van der Waals surface area contributed by atoms with Crippen LogP contribution in [0, 0.1) is 12.3 Å². The first-order valence-corrected chi connectivity index (χ1v) is 9.59. The Morgan fingerprint density at radius 1 is 1.17 bits per heavy atom. The normalized spacial score (nSPS) is 15.3. The number of amides is 4. The van der Waals surface area contributed by atoms with Crippen LogP contribution in [0.5, 0.6) is 5.75 Å². The van der Waals surface area contributed by atoms with Crippen LogP contribution in [-0.2, 0) is 9.59 Å². The summed E-state index contributed by atoms with van der Waals surface area (Å²) in [7, 11) is 0. The Bertz CT molecular complexity index is 1070. The smallest absolute Gasteiger partial charge is 0.335 e. The van der Waals surface area contributed by atoms with Crippen molar-refractivity contribution < 1.29 is 19.1 Å². The number of carbonyl (C=O) groups excluding carboxylic acids is 3. The van der Waals surface area contributed by atoms with Gasteiger partial charge in [-0.2, -0.15) is 0 Å². The number of urea groups is 1. The van der Waals surface area contributed by atoms with Gasteiger partial charge in [0.15, 0.2) is 5.75 Å². The maximum Gasteiger partial charge on any atom is 0.335 e. The minimum Gasteiger partial charge on any atom is -0.478 e. The number of hydrogen-bond donors (Lipinski definition) is 1. The summed E-state index contributed by atoms with van der Waals surface area (Å²) in [6.07, 6.45) is 6.50. The SMILES string of the molecule is C#CCOc1c(Cl)cc(/C=C2\C(=O)NC(=O)N(c3ccc(Cl)cc3)C2=O)cc1Br. The van der Waals surface area contributed by atoms with Gasteiger partial charge in [0, 0.05) is 5.02 Å². The van der Waals surface area contributed by atoms with Gasteiger partial charge in [0.25, 0.3) is 11.8 Å². The zero-order chi connectivity index (χ0) is 21.1. The van der Waals surface area contributed by atoms with Gasteiger partial charge in [-0.1, -0.05) is 29.1 Å². The molecule has 1 N–H and O–H groups in total. The summed E-state index contributed by atoms with van der Waals surface area (Å²) in [6.45, 7) is 0.0256. The number of halogens is 3. The largest absolute Gasteiger partial charge is 0.478 e. The third-order valence-corrected chi connectivity index (χ3v) is 4.94. The predicted molar refractivity (Wildman–Crippen MR) is 114 cm³/mol. The van der Waals surface area contributed by atoms with Crippen LogP contribution in [0.4, 0.5) is 10.5 Å². The molecule has 2 aromatic rings. The molecule has 4 amide bonds. The van der Waals surface area contributed by atoms with E-state index in [9.17, 15) is 14.4 Å². The number of nitrogens with one attached hydrogen (secondary N) is 1. The summed E-state index contributed by atoms with van der Waals surface area (Å²) < 4.78 is 5.84. The maximum absolute atomic E-state index is 12.9. The molecule has 0 radical (unpaired) electrons. The van der Waals surface area contributed by atoms with Crippen molar-refractivity contribution in [1.29, 1.82) is 0 Å². The predicted octanol–water partition coefficient (Wildman–Crippen LogP) is 4.43. The molecule has 0 aromatic heterocycles. The second kappa shape index (κ2) is 8.70. The number of rotatable bonds is 4. The van der Waals surface area contributed by atoms with Crippen molar-refractivity contribution in [3.63, 3.8) is 0 Å². The highest BCUT2D eigenvalue weighted by Crippen LogP contribution is 2.35. The second-order valence-corrected chi connectivity index (χ2v) is 7.44. The highest BCUT2D eigenvalue weighted by molar-refractivity contribution is 9.10. The first-order valence-electron chi connectivity index (χ1n) is 8.04. The molecule has 1 aliphatic rings. The summed E-state index contributed by atoms with van der Waals surface area (Å²) >= 11 is 15.4. The number of terminal acetylenes is 1. The van der Waals surface area contributed by atoms with Gasteiger partial charge in [-0.3, -0.25) is 14.9 Å². The molecule has 1 heterocycles. The molecule has 1 saturated heterocycles. The fraction of sp³-hybridized carbons (Fsp3) is 0.0500. The number of hydrogen-bond acceptors (Lipinski definition) is 4. The molecule has 0 saturated carbocycles. The van der Waals surface area contributed by atoms with Crippen molar-refractivity contribution in [2.75, 3.05) is 11.5 Å². The summed E-state index contributed by atoms with van der Waals surface area (Å²) in [5.74, 6) is 1.08. The lowest BCUT2D eigenvalue weighted by molar-refractivity contribution is -0.122. The van der Waals surface area contributed by atoms with Crippen LogP contribution in [0.3, 0.4) is 0 Å². The zero-order valence-corrected chi connectivity index (χ0v) is 17.6. The Kier molecular flexibility index (Phi) is 6.28. The number of anilines is 1. The standard InChI is InChI=1S/C20H11BrCl2N2O4/c1-2-7-29-17-15(21)9-11(10-16(17)23)8-14-18(26)24-20(28)25(19(14)27)13-5-3-12(22)4-6-13/h1,3-6,8-10H,7H2,(H,24,26,28)/b14-8+. The van der Waals surface area contributed by atoms with Crippen LogP contribution in [0.1, 0.15) is 5.56 Å². The number of benzene rings is 2. The molecule has 0 atom stereocenters. The van der Waals surface area contributed by atoms with E-state index in [4.69, 9.17) is 34.4 Å². The van der Waals surface area contributed by atoms with Gasteiger partial charge in [-0.05, 0) is 64.0 Å². The third-order valence-electron chi connectivity index (χ3n) is 3.82. The number of barbiturate groups is 1. The molecular formula is C20H11BrCl2N2O4. The minimum absolute atomic E-state index is 0.0256. The van der Waals surface area contributed by atoms with Crippen molar-refractivity contribution in [1.82, 2.24) is 5.32 Å². The minimum atomic E-state index is -0.850. The van der Waals surface area contributed by atoms with Crippen molar-refractivity contribution in [3.05, 3.63) is 62.1 Å². The first-order chi connectivity index (χ1) is 13.8. The quantitative estimate of drug-likeness (QED) is 0.388. The van der Waals surface area contributed by atoms with E-state index in [0.29, 0.717) is 20.8 Å². The molecule has 0 aliphatic carbocycles. The number of ether oxygens (including phenoxy) is 1. The monoisotopic (exact) mass is 492 g/mol. The van der Waals surface area contributed by atoms with Crippen molar-refractivity contribution in [2.45, 2.75) is 0 Å². The molecule has 9 heteroatoms. The lowest BCUT2D eigenvalue weighted by Gasteiger charge is -2.26. The van der Waals surface area contributed by atoms with Gasteiger partial charge < -0.3 is 4.74 Å². The fourth-order valence-corrected chi connectivity index (χ4v) is 3.68. The summed E-state index contributed by atoms with van der Waals surface area (Å²) in [5.41, 5.74) is 0.478. The Morgan fingerprint density at radius 3 is 2.48 bits per heavy atom. The van der Waals surface area contributed by atoms with Crippen LogP contribution in [-0.4, -0.2) is 24.5 Å². The summed E-state index contributed by atoms with van der Waals surface area (Å²) in [4.78, 5) is 38.2. The molecule has 3 rings (SSSR count). The molecule has 29 heavy (non-hydrogen) atoms. The van der Waals surface area contributed by atoms with E-state index in [1.54, 1.807) is 6.07 Å². The Labute approximate surface area is 184 Å². The van der Waals surface area contributed by atoms with Gasteiger partial charge in [-0.25, -0.2) is 9.69 Å². The summed E-state index contributed by atoms with van der Waals surface area (Å²) in [5, 5.41) is 2.82. The van der Waals surface area contributed by atoms with E-state index < -0.39 is 17.8 Å². The molecule has 0 bridgehead atoms. The van der Waals surface area contributed by atoms with E-state index in [1.165, 1.54) is 36.4 Å². The lowest BCUT2D eigenvalue weighted by atomic mass is 10.1. The van der Waals surface area contributed by atoms with Crippen LogP contribution in [0.25, 0.3) is 6.08 Å². The second-order valence-electron chi connectivity index (χ2n) is 5.74. The highest BCUT2D eigenvalue weighted by Gasteiger charge is 2.36. The molecule has 146 valence electrons. The van der Waals surface area contributed by atoms with Gasteiger partial charge in [0.05, 0.1) is 15.2 Å².